The molecule has 0 aliphatic heterocycles. The molecule has 0 aromatic heterocycles. The highest BCUT2D eigenvalue weighted by Gasteiger charge is 2.16. The van der Waals surface area contributed by atoms with Crippen LogP contribution in [-0.2, 0) is 4.74 Å². The Morgan fingerprint density at radius 1 is 1.00 bits per heavy atom. The first-order chi connectivity index (χ1) is 9.51. The second-order valence-electron chi connectivity index (χ2n) is 3.69. The molecule has 0 aliphatic rings. The maximum atomic E-state index is 9.14. The van der Waals surface area contributed by atoms with E-state index in [1.165, 1.54) is 6.92 Å². The number of rotatable bonds is 2. The Labute approximate surface area is 114 Å². The number of nitriles is 4. The van der Waals surface area contributed by atoms with Crippen LogP contribution >= 0.6 is 0 Å². The first kappa shape index (κ1) is 14.7. The number of ether oxygens (including phenoxy) is 1. The lowest BCUT2D eigenvalue weighted by molar-refractivity contribution is -0.0160. The van der Waals surface area contributed by atoms with Gasteiger partial charge in [-0.2, -0.15) is 21.0 Å². The molecule has 0 spiro atoms. The predicted octanol–water partition coefficient (Wildman–Crippen LogP) is -0.323. The van der Waals surface area contributed by atoms with Crippen molar-refractivity contribution in [1.82, 2.24) is 0 Å². The van der Waals surface area contributed by atoms with Gasteiger partial charge in [0, 0.05) is 10.4 Å². The first-order valence-electron chi connectivity index (χ1n) is 5.34. The van der Waals surface area contributed by atoms with Gasteiger partial charge in [-0.05, 0) is 6.92 Å². The molecule has 0 amide bonds. The minimum absolute atomic E-state index is 0.0172. The number of aliphatic hydroxyl groups is 1. The maximum Gasteiger partial charge on any atom is 0.193 e. The lowest BCUT2D eigenvalue weighted by Crippen LogP contribution is -2.26. The minimum atomic E-state index is -1.16. The minimum Gasteiger partial charge on any atom is -0.472 e. The van der Waals surface area contributed by atoms with Gasteiger partial charge in [0.2, 0.25) is 0 Å². The smallest absolute Gasteiger partial charge is 0.193 e. The van der Waals surface area contributed by atoms with Crippen molar-refractivity contribution < 1.29 is 9.84 Å². The van der Waals surface area contributed by atoms with Gasteiger partial charge >= 0.3 is 0 Å². The van der Waals surface area contributed by atoms with Crippen LogP contribution in [0.25, 0.3) is 12.8 Å². The van der Waals surface area contributed by atoms with Crippen LogP contribution in [0.5, 0.6) is 0 Å². The molecule has 0 saturated heterocycles. The van der Waals surface area contributed by atoms with E-state index in [0.29, 0.717) is 0 Å². The SMILES string of the molecule is C=c1c(C#N)c(C#N)c(=COC(C)O)c(C#N)c1C#N. The molecule has 1 aromatic carbocycles. The van der Waals surface area contributed by atoms with Gasteiger partial charge < -0.3 is 9.84 Å². The Hall–Kier alpha value is -3.32. The molecule has 96 valence electrons. The van der Waals surface area contributed by atoms with Crippen molar-refractivity contribution in [3.63, 3.8) is 0 Å². The Morgan fingerprint density at radius 3 is 1.70 bits per heavy atom. The number of hydrogen-bond donors (Lipinski definition) is 1. The van der Waals surface area contributed by atoms with Gasteiger partial charge in [0.25, 0.3) is 0 Å². The second kappa shape index (κ2) is 6.03. The molecule has 1 N–H and O–H groups in total. The quantitative estimate of drug-likeness (QED) is 0.729. The summed E-state index contributed by atoms with van der Waals surface area (Å²) in [5.41, 5.74) is -0.422. The van der Waals surface area contributed by atoms with Crippen LogP contribution in [0, 0.1) is 45.3 Å². The molecule has 1 rings (SSSR count). The van der Waals surface area contributed by atoms with Crippen molar-refractivity contribution in [1.29, 1.82) is 21.0 Å². The number of hydrogen-bond acceptors (Lipinski definition) is 6. The molecule has 1 unspecified atom stereocenters. The Morgan fingerprint density at radius 2 is 1.40 bits per heavy atom. The van der Waals surface area contributed by atoms with E-state index in [4.69, 9.17) is 30.9 Å². The van der Waals surface area contributed by atoms with Crippen LogP contribution in [0.1, 0.15) is 29.2 Å². The van der Waals surface area contributed by atoms with Crippen molar-refractivity contribution in [3.8, 4) is 24.3 Å². The average molecular weight is 264 g/mol. The molecule has 1 atom stereocenters. The summed E-state index contributed by atoms with van der Waals surface area (Å²) < 4.78 is 4.84. The van der Waals surface area contributed by atoms with Crippen LogP contribution in [0.4, 0.5) is 0 Å². The van der Waals surface area contributed by atoms with E-state index in [-0.39, 0.29) is 32.7 Å². The standard InChI is InChI=1S/C14H8N4O2/c1-8-10(3-15)12(5-17)14(7-20-9(2)19)13(6-18)11(8)4-16/h7,9,19H,1H2,2H3. The summed E-state index contributed by atoms with van der Waals surface area (Å²) in [5.74, 6) is 0. The lowest BCUT2D eigenvalue weighted by atomic mass is 9.95. The van der Waals surface area contributed by atoms with E-state index in [0.717, 1.165) is 6.26 Å². The van der Waals surface area contributed by atoms with Crippen molar-refractivity contribution >= 4 is 12.8 Å². The van der Waals surface area contributed by atoms with Crippen molar-refractivity contribution in [2.75, 3.05) is 0 Å². The van der Waals surface area contributed by atoms with Crippen LogP contribution in [0.15, 0.2) is 0 Å². The van der Waals surface area contributed by atoms with Gasteiger partial charge in [0.15, 0.2) is 6.29 Å². The molecule has 0 radical (unpaired) electrons. The van der Waals surface area contributed by atoms with E-state index in [2.05, 4.69) is 6.58 Å². The van der Waals surface area contributed by atoms with E-state index in [1.807, 2.05) is 0 Å². The lowest BCUT2D eigenvalue weighted by Gasteiger charge is -2.06. The van der Waals surface area contributed by atoms with Gasteiger partial charge in [-0.25, -0.2) is 0 Å². The third kappa shape index (κ3) is 2.42. The zero-order chi connectivity index (χ0) is 15.3. The van der Waals surface area contributed by atoms with Gasteiger partial charge in [0.1, 0.15) is 24.3 Å². The number of nitrogens with zero attached hydrogens (tertiary/aromatic N) is 4. The molecule has 6 nitrogen and oxygen atoms in total. The van der Waals surface area contributed by atoms with E-state index < -0.39 is 6.29 Å². The van der Waals surface area contributed by atoms with Gasteiger partial charge in [-0.15, -0.1) is 0 Å². The fourth-order valence-electron chi connectivity index (χ4n) is 1.58. The van der Waals surface area contributed by atoms with Gasteiger partial charge in [-0.1, -0.05) is 6.58 Å². The fourth-order valence-corrected chi connectivity index (χ4v) is 1.58. The summed E-state index contributed by atoms with van der Waals surface area (Å²) in [6, 6.07) is 7.15. The van der Waals surface area contributed by atoms with Crippen LogP contribution in [0.2, 0.25) is 0 Å². The van der Waals surface area contributed by atoms with E-state index in [1.54, 1.807) is 24.3 Å². The largest absolute Gasteiger partial charge is 0.472 e. The first-order valence-corrected chi connectivity index (χ1v) is 5.34. The molecule has 20 heavy (non-hydrogen) atoms. The molecular formula is C14H8N4O2. The third-order valence-electron chi connectivity index (χ3n) is 2.47. The van der Waals surface area contributed by atoms with Crippen molar-refractivity contribution in [2.45, 2.75) is 13.2 Å². The van der Waals surface area contributed by atoms with E-state index in [9.17, 15) is 0 Å². The normalized spacial score (nSPS) is 10.3. The Balaban J connectivity index is 4.03. The van der Waals surface area contributed by atoms with Crippen LogP contribution in [-0.4, -0.2) is 11.4 Å². The molecular weight excluding hydrogens is 256 g/mol. The summed E-state index contributed by atoms with van der Waals surface area (Å²) in [4.78, 5) is 0. The molecule has 0 fully saturated rings. The Bertz CT molecular complexity index is 768. The molecule has 0 bridgehead atoms. The highest BCUT2D eigenvalue weighted by Crippen LogP contribution is 2.04. The zero-order valence-corrected chi connectivity index (χ0v) is 10.5. The summed E-state index contributed by atoms with van der Waals surface area (Å²) in [7, 11) is 0. The molecule has 1 aromatic rings. The highest BCUT2D eigenvalue weighted by molar-refractivity contribution is 5.61. The molecule has 6 heteroatoms. The van der Waals surface area contributed by atoms with Gasteiger partial charge in [-0.3, -0.25) is 0 Å². The molecule has 0 aliphatic carbocycles. The highest BCUT2D eigenvalue weighted by atomic mass is 16.6. The monoisotopic (exact) mass is 264 g/mol. The van der Waals surface area contributed by atoms with E-state index >= 15 is 0 Å². The zero-order valence-electron chi connectivity index (χ0n) is 10.5. The topological polar surface area (TPSA) is 125 Å². The fraction of sp³-hybridized carbons (Fsp3) is 0.143. The summed E-state index contributed by atoms with van der Waals surface area (Å²) >= 11 is 0. The summed E-state index contributed by atoms with van der Waals surface area (Å²) in [5, 5.41) is 45.5. The molecule has 0 heterocycles. The van der Waals surface area contributed by atoms with Crippen molar-refractivity contribution in [2.24, 2.45) is 0 Å². The number of aliphatic hydroxyl groups excluding tert-OH is 1. The Kier molecular flexibility index (Phi) is 4.44. The summed E-state index contributed by atoms with van der Waals surface area (Å²) in [6.07, 6.45) is -0.174. The van der Waals surface area contributed by atoms with Gasteiger partial charge in [0.05, 0.1) is 28.5 Å². The van der Waals surface area contributed by atoms with Crippen LogP contribution in [0.3, 0.4) is 0 Å². The average Bonchev–Trinajstić information content (AvgIpc) is 2.43. The predicted molar refractivity (Wildman–Crippen MR) is 67.3 cm³/mol. The van der Waals surface area contributed by atoms with Crippen molar-refractivity contribution in [3.05, 3.63) is 32.7 Å². The molecule has 0 saturated carbocycles. The maximum absolute atomic E-state index is 9.14. The number of benzene rings is 1. The second-order valence-corrected chi connectivity index (χ2v) is 3.69. The third-order valence-corrected chi connectivity index (χ3v) is 2.47. The van der Waals surface area contributed by atoms with Crippen LogP contribution < -0.4 is 10.4 Å². The summed E-state index contributed by atoms with van der Waals surface area (Å²) in [6.45, 7) is 4.90.